The highest BCUT2D eigenvalue weighted by Gasteiger charge is 2.04. The van der Waals surface area contributed by atoms with Gasteiger partial charge in [0.15, 0.2) is 6.61 Å². The van der Waals surface area contributed by atoms with Crippen LogP contribution in [0.2, 0.25) is 5.02 Å². The van der Waals surface area contributed by atoms with Gasteiger partial charge in [-0.25, -0.2) is 5.43 Å². The lowest BCUT2D eigenvalue weighted by atomic mass is 10.2. The molecule has 1 aromatic rings. The minimum atomic E-state index is -0.280. The van der Waals surface area contributed by atoms with Crippen LogP contribution in [0, 0.1) is 6.92 Å². The molecule has 4 nitrogen and oxygen atoms in total. The fourth-order valence-electron chi connectivity index (χ4n) is 1.19. The van der Waals surface area contributed by atoms with Gasteiger partial charge in [0.1, 0.15) is 5.75 Å². The van der Waals surface area contributed by atoms with Crippen LogP contribution < -0.4 is 10.2 Å². The second kappa shape index (κ2) is 7.01. The Morgan fingerprint density at radius 3 is 2.83 bits per heavy atom. The number of hydrogen-bond acceptors (Lipinski definition) is 3. The zero-order valence-corrected chi connectivity index (χ0v) is 11.5. The van der Waals surface area contributed by atoms with Crippen LogP contribution in [0.4, 0.5) is 0 Å². The Balaban J connectivity index is 2.47. The van der Waals surface area contributed by atoms with E-state index >= 15 is 0 Å². The molecule has 0 atom stereocenters. The summed E-state index contributed by atoms with van der Waals surface area (Å²) in [5, 5.41) is 4.55. The molecule has 1 N–H and O–H groups in total. The van der Waals surface area contributed by atoms with E-state index in [0.717, 1.165) is 17.7 Å². The minimum absolute atomic E-state index is 0.0665. The summed E-state index contributed by atoms with van der Waals surface area (Å²) in [5.41, 5.74) is 4.19. The van der Waals surface area contributed by atoms with Crippen molar-refractivity contribution in [3.8, 4) is 5.75 Å². The number of amides is 1. The van der Waals surface area contributed by atoms with Crippen molar-refractivity contribution in [3.05, 3.63) is 28.8 Å². The molecule has 1 rings (SSSR count). The number of nitrogens with one attached hydrogen (secondary N) is 1. The van der Waals surface area contributed by atoms with Gasteiger partial charge in [-0.2, -0.15) is 5.10 Å². The van der Waals surface area contributed by atoms with E-state index < -0.39 is 0 Å². The number of hydrogen-bond donors (Lipinski definition) is 1. The molecule has 0 radical (unpaired) electrons. The first-order valence-corrected chi connectivity index (χ1v) is 6.11. The zero-order valence-electron chi connectivity index (χ0n) is 10.8. The average Bonchev–Trinajstić information content (AvgIpc) is 2.34. The van der Waals surface area contributed by atoms with Crippen LogP contribution in [0.5, 0.6) is 5.75 Å². The summed E-state index contributed by atoms with van der Waals surface area (Å²) in [6.07, 6.45) is 0.803. The zero-order chi connectivity index (χ0) is 13.5. The number of halogens is 1. The SMILES string of the molecule is CC/C(C)=N/NC(=O)COc1ccc(Cl)cc1C. The molecule has 0 saturated heterocycles. The molecule has 0 aromatic heterocycles. The Labute approximate surface area is 112 Å². The van der Waals surface area contributed by atoms with Gasteiger partial charge in [0, 0.05) is 10.7 Å². The molecule has 0 aliphatic carbocycles. The van der Waals surface area contributed by atoms with E-state index in [9.17, 15) is 4.79 Å². The van der Waals surface area contributed by atoms with Gasteiger partial charge in [0.25, 0.3) is 5.91 Å². The summed E-state index contributed by atoms with van der Waals surface area (Å²) in [7, 11) is 0. The van der Waals surface area contributed by atoms with Crippen molar-refractivity contribution < 1.29 is 9.53 Å². The summed E-state index contributed by atoms with van der Waals surface area (Å²) < 4.78 is 5.38. The number of carbonyl (C=O) groups is 1. The second-order valence-corrected chi connectivity index (χ2v) is 4.37. The number of benzene rings is 1. The van der Waals surface area contributed by atoms with E-state index in [2.05, 4.69) is 10.5 Å². The highest BCUT2D eigenvalue weighted by atomic mass is 35.5. The van der Waals surface area contributed by atoms with E-state index in [1.54, 1.807) is 18.2 Å². The third-order valence-electron chi connectivity index (χ3n) is 2.38. The van der Waals surface area contributed by atoms with Gasteiger partial charge in [0.2, 0.25) is 0 Å². The number of rotatable bonds is 5. The van der Waals surface area contributed by atoms with Crippen LogP contribution in [0.1, 0.15) is 25.8 Å². The fourth-order valence-corrected chi connectivity index (χ4v) is 1.41. The van der Waals surface area contributed by atoms with Gasteiger partial charge in [0.05, 0.1) is 0 Å². The normalized spacial score (nSPS) is 11.2. The van der Waals surface area contributed by atoms with Crippen molar-refractivity contribution >= 4 is 23.2 Å². The summed E-state index contributed by atoms with van der Waals surface area (Å²) in [6, 6.07) is 5.25. The first kappa shape index (κ1) is 14.5. The molecule has 98 valence electrons. The van der Waals surface area contributed by atoms with Crippen LogP contribution in [-0.2, 0) is 4.79 Å². The fraction of sp³-hybridized carbons (Fsp3) is 0.385. The molecule has 0 fully saturated rings. The quantitative estimate of drug-likeness (QED) is 0.659. The molecular formula is C13H17ClN2O2. The average molecular weight is 269 g/mol. The predicted octanol–water partition coefficient (Wildman–Crippen LogP) is 2.93. The molecule has 0 aliphatic rings. The minimum Gasteiger partial charge on any atom is -0.483 e. The number of aryl methyl sites for hydroxylation is 1. The van der Waals surface area contributed by atoms with Crippen LogP contribution in [-0.4, -0.2) is 18.2 Å². The summed E-state index contributed by atoms with van der Waals surface area (Å²) in [4.78, 5) is 11.4. The molecule has 0 unspecified atom stereocenters. The lowest BCUT2D eigenvalue weighted by Crippen LogP contribution is -2.25. The van der Waals surface area contributed by atoms with Crippen molar-refractivity contribution in [1.82, 2.24) is 5.43 Å². The molecule has 5 heteroatoms. The van der Waals surface area contributed by atoms with E-state index in [0.29, 0.717) is 10.8 Å². The Morgan fingerprint density at radius 2 is 2.22 bits per heavy atom. The largest absolute Gasteiger partial charge is 0.483 e. The van der Waals surface area contributed by atoms with Gasteiger partial charge >= 0.3 is 0 Å². The topological polar surface area (TPSA) is 50.7 Å². The Morgan fingerprint density at radius 1 is 1.50 bits per heavy atom. The van der Waals surface area contributed by atoms with Crippen molar-refractivity contribution in [3.63, 3.8) is 0 Å². The predicted molar refractivity (Wildman–Crippen MR) is 73.2 cm³/mol. The standard InChI is InChI=1S/C13H17ClN2O2/c1-4-10(3)15-16-13(17)8-18-12-6-5-11(14)7-9(12)2/h5-7H,4,8H2,1-3H3,(H,16,17)/b15-10+. The smallest absolute Gasteiger partial charge is 0.277 e. The van der Waals surface area contributed by atoms with Crippen molar-refractivity contribution in [1.29, 1.82) is 0 Å². The van der Waals surface area contributed by atoms with Gasteiger partial charge < -0.3 is 4.74 Å². The van der Waals surface area contributed by atoms with Crippen LogP contribution in [0.15, 0.2) is 23.3 Å². The maximum atomic E-state index is 11.4. The van der Waals surface area contributed by atoms with E-state index in [1.165, 1.54) is 0 Å². The number of carbonyl (C=O) groups excluding carboxylic acids is 1. The van der Waals surface area contributed by atoms with Gasteiger partial charge in [-0.15, -0.1) is 0 Å². The lowest BCUT2D eigenvalue weighted by molar-refractivity contribution is -0.123. The first-order valence-electron chi connectivity index (χ1n) is 5.74. The van der Waals surface area contributed by atoms with Crippen molar-refractivity contribution in [2.75, 3.05) is 6.61 Å². The number of nitrogens with zero attached hydrogens (tertiary/aromatic N) is 1. The Bertz CT molecular complexity index is 458. The number of ether oxygens (including phenoxy) is 1. The van der Waals surface area contributed by atoms with Crippen LogP contribution in [0.3, 0.4) is 0 Å². The van der Waals surface area contributed by atoms with Gasteiger partial charge in [-0.1, -0.05) is 18.5 Å². The summed E-state index contributed by atoms with van der Waals surface area (Å²) in [5.74, 6) is 0.364. The Kier molecular flexibility index (Phi) is 5.65. The molecular weight excluding hydrogens is 252 g/mol. The maximum Gasteiger partial charge on any atom is 0.277 e. The lowest BCUT2D eigenvalue weighted by Gasteiger charge is -2.08. The third kappa shape index (κ3) is 4.75. The molecule has 0 saturated carbocycles. The van der Waals surface area contributed by atoms with Crippen molar-refractivity contribution in [2.45, 2.75) is 27.2 Å². The first-order chi connectivity index (χ1) is 8.52. The third-order valence-corrected chi connectivity index (χ3v) is 2.61. The molecule has 1 aromatic carbocycles. The summed E-state index contributed by atoms with van der Waals surface area (Å²) >= 11 is 5.83. The van der Waals surface area contributed by atoms with Crippen molar-refractivity contribution in [2.24, 2.45) is 5.10 Å². The molecule has 1 amide bonds. The van der Waals surface area contributed by atoms with Crippen LogP contribution >= 0.6 is 11.6 Å². The second-order valence-electron chi connectivity index (χ2n) is 3.93. The number of hydrazone groups is 1. The molecule has 0 aliphatic heterocycles. The van der Waals surface area contributed by atoms with E-state index in [1.807, 2.05) is 20.8 Å². The molecule has 0 bridgehead atoms. The van der Waals surface area contributed by atoms with Gasteiger partial charge in [-0.3, -0.25) is 4.79 Å². The van der Waals surface area contributed by atoms with E-state index in [-0.39, 0.29) is 12.5 Å². The highest BCUT2D eigenvalue weighted by molar-refractivity contribution is 6.30. The maximum absolute atomic E-state index is 11.4. The molecule has 0 spiro atoms. The Hall–Kier alpha value is -1.55. The highest BCUT2D eigenvalue weighted by Crippen LogP contribution is 2.21. The van der Waals surface area contributed by atoms with Crippen LogP contribution in [0.25, 0.3) is 0 Å². The molecule has 18 heavy (non-hydrogen) atoms. The van der Waals surface area contributed by atoms with E-state index in [4.69, 9.17) is 16.3 Å². The monoisotopic (exact) mass is 268 g/mol. The molecule has 0 heterocycles. The summed E-state index contributed by atoms with van der Waals surface area (Å²) in [6.45, 7) is 5.63. The van der Waals surface area contributed by atoms with Gasteiger partial charge in [-0.05, 0) is 44.0 Å².